The lowest BCUT2D eigenvalue weighted by Crippen LogP contribution is -2.13. The van der Waals surface area contributed by atoms with Gasteiger partial charge >= 0.3 is 0 Å². The summed E-state index contributed by atoms with van der Waals surface area (Å²) < 4.78 is 32.5. The molecule has 6 nitrogen and oxygen atoms in total. The van der Waals surface area contributed by atoms with E-state index in [1.165, 1.54) is 12.3 Å². The van der Waals surface area contributed by atoms with Crippen molar-refractivity contribution in [3.05, 3.63) is 46.2 Å². The first kappa shape index (κ1) is 24.9. The summed E-state index contributed by atoms with van der Waals surface area (Å²) in [5.74, 6) is 0.587. The molecule has 2 aromatic rings. The Labute approximate surface area is 186 Å². The molecule has 0 aliphatic rings. The van der Waals surface area contributed by atoms with E-state index in [9.17, 15) is 13.2 Å². The van der Waals surface area contributed by atoms with Gasteiger partial charge in [0.1, 0.15) is 5.56 Å². The molecular weight excluding hydrogens is 412 g/mol. The molecular formula is C24H34N2O4S. The zero-order chi connectivity index (χ0) is 23.5. The standard InChI is InChI=1S/C24H34N2O4S/c1-9-12-30-24-20(13-25-26(24)14-15(2)3)23(27)19-10-11-21(31(8,28)29)22(18(19)7)17(6)16(4)5/h10-11,13,15H,9,12,14H2,1-8H3. The predicted octanol–water partition coefficient (Wildman–Crippen LogP) is 5.08. The molecule has 170 valence electrons. The highest BCUT2D eigenvalue weighted by atomic mass is 32.2. The second-order valence-electron chi connectivity index (χ2n) is 8.63. The van der Waals surface area contributed by atoms with E-state index in [2.05, 4.69) is 18.9 Å². The number of allylic oxidation sites excluding steroid dienone is 2. The third kappa shape index (κ3) is 5.45. The van der Waals surface area contributed by atoms with Crippen LogP contribution in [0.3, 0.4) is 0 Å². The molecule has 1 heterocycles. The van der Waals surface area contributed by atoms with Gasteiger partial charge in [0.15, 0.2) is 15.6 Å². The summed E-state index contributed by atoms with van der Waals surface area (Å²) in [5.41, 5.74) is 3.93. The molecule has 0 spiro atoms. The number of ketones is 1. The van der Waals surface area contributed by atoms with Crippen LogP contribution in [-0.2, 0) is 16.4 Å². The maximum atomic E-state index is 13.6. The van der Waals surface area contributed by atoms with Gasteiger partial charge in [0.05, 0.1) is 17.7 Å². The van der Waals surface area contributed by atoms with Crippen molar-refractivity contribution in [1.82, 2.24) is 9.78 Å². The van der Waals surface area contributed by atoms with E-state index in [0.717, 1.165) is 17.6 Å². The first-order valence-corrected chi connectivity index (χ1v) is 12.5. The first-order chi connectivity index (χ1) is 14.4. The summed E-state index contributed by atoms with van der Waals surface area (Å²) in [6, 6.07) is 3.13. The molecule has 1 aromatic carbocycles. The molecule has 0 amide bonds. The number of benzene rings is 1. The molecule has 0 saturated heterocycles. The number of aromatic nitrogens is 2. The van der Waals surface area contributed by atoms with Crippen molar-refractivity contribution < 1.29 is 17.9 Å². The fourth-order valence-electron chi connectivity index (χ4n) is 3.46. The van der Waals surface area contributed by atoms with Gasteiger partial charge in [-0.25, -0.2) is 13.1 Å². The van der Waals surface area contributed by atoms with Gasteiger partial charge in [0.25, 0.3) is 0 Å². The monoisotopic (exact) mass is 446 g/mol. The highest BCUT2D eigenvalue weighted by Gasteiger charge is 2.26. The van der Waals surface area contributed by atoms with Gasteiger partial charge in [0, 0.05) is 18.4 Å². The quantitative estimate of drug-likeness (QED) is 0.502. The first-order valence-electron chi connectivity index (χ1n) is 10.6. The van der Waals surface area contributed by atoms with Crippen molar-refractivity contribution in [2.75, 3.05) is 12.9 Å². The van der Waals surface area contributed by atoms with E-state index in [0.29, 0.717) is 47.2 Å². The van der Waals surface area contributed by atoms with E-state index < -0.39 is 9.84 Å². The van der Waals surface area contributed by atoms with Crippen molar-refractivity contribution in [3.63, 3.8) is 0 Å². The summed E-state index contributed by atoms with van der Waals surface area (Å²) >= 11 is 0. The van der Waals surface area contributed by atoms with Gasteiger partial charge in [0.2, 0.25) is 5.88 Å². The molecule has 0 aliphatic carbocycles. The molecule has 2 rings (SSSR count). The molecule has 0 N–H and O–H groups in total. The number of hydrogen-bond donors (Lipinski definition) is 0. The van der Waals surface area contributed by atoms with E-state index in [1.807, 2.05) is 27.7 Å². The lowest BCUT2D eigenvalue weighted by Gasteiger charge is -2.17. The fourth-order valence-corrected chi connectivity index (χ4v) is 4.45. The van der Waals surface area contributed by atoms with Crippen molar-refractivity contribution in [2.45, 2.75) is 66.3 Å². The van der Waals surface area contributed by atoms with E-state index in [1.54, 1.807) is 23.9 Å². The largest absolute Gasteiger partial charge is 0.477 e. The maximum Gasteiger partial charge on any atom is 0.223 e. The molecule has 0 radical (unpaired) electrons. The van der Waals surface area contributed by atoms with Crippen LogP contribution < -0.4 is 4.74 Å². The van der Waals surface area contributed by atoms with Gasteiger partial charge < -0.3 is 4.74 Å². The number of ether oxygens (including phenoxy) is 1. The normalized spacial score (nSPS) is 11.6. The van der Waals surface area contributed by atoms with Crippen molar-refractivity contribution >= 4 is 21.2 Å². The molecule has 0 saturated carbocycles. The second kappa shape index (κ2) is 9.81. The molecule has 1 aromatic heterocycles. The Kier molecular flexibility index (Phi) is 7.87. The molecule has 0 unspecified atom stereocenters. The van der Waals surface area contributed by atoms with Crippen LogP contribution in [0.1, 0.15) is 75.0 Å². The predicted molar refractivity (Wildman–Crippen MR) is 125 cm³/mol. The van der Waals surface area contributed by atoms with Crippen LogP contribution in [0.5, 0.6) is 5.88 Å². The number of carbonyl (C=O) groups is 1. The molecule has 0 fully saturated rings. The van der Waals surface area contributed by atoms with Crippen molar-refractivity contribution in [3.8, 4) is 5.88 Å². The van der Waals surface area contributed by atoms with Crippen LogP contribution >= 0.6 is 0 Å². The third-order valence-electron chi connectivity index (χ3n) is 5.21. The van der Waals surface area contributed by atoms with Gasteiger partial charge in [-0.15, -0.1) is 0 Å². The number of nitrogens with zero attached hydrogens (tertiary/aromatic N) is 2. The maximum absolute atomic E-state index is 13.6. The smallest absolute Gasteiger partial charge is 0.223 e. The van der Waals surface area contributed by atoms with Crippen molar-refractivity contribution in [2.24, 2.45) is 5.92 Å². The van der Waals surface area contributed by atoms with Crippen LogP contribution in [-0.4, -0.2) is 36.8 Å². The topological polar surface area (TPSA) is 78.3 Å². The van der Waals surface area contributed by atoms with Gasteiger partial charge in [-0.2, -0.15) is 5.10 Å². The molecule has 31 heavy (non-hydrogen) atoms. The van der Waals surface area contributed by atoms with Crippen LogP contribution in [0.25, 0.3) is 5.57 Å². The Morgan fingerprint density at radius 2 is 1.81 bits per heavy atom. The minimum absolute atomic E-state index is 0.221. The lowest BCUT2D eigenvalue weighted by molar-refractivity contribution is 0.103. The Morgan fingerprint density at radius 1 is 1.16 bits per heavy atom. The van der Waals surface area contributed by atoms with Crippen LogP contribution in [0.15, 0.2) is 28.8 Å². The zero-order valence-corrected chi connectivity index (χ0v) is 20.7. The summed E-state index contributed by atoms with van der Waals surface area (Å²) in [6.07, 6.45) is 3.55. The second-order valence-corrected chi connectivity index (χ2v) is 10.6. The Hall–Kier alpha value is -2.41. The van der Waals surface area contributed by atoms with E-state index >= 15 is 0 Å². The van der Waals surface area contributed by atoms with E-state index in [-0.39, 0.29) is 10.7 Å². The highest BCUT2D eigenvalue weighted by molar-refractivity contribution is 7.90. The Morgan fingerprint density at radius 3 is 2.32 bits per heavy atom. The molecule has 0 aliphatic heterocycles. The average Bonchev–Trinajstić information content (AvgIpc) is 3.05. The summed E-state index contributed by atoms with van der Waals surface area (Å²) in [7, 11) is -3.46. The molecule has 7 heteroatoms. The number of carbonyl (C=O) groups excluding carboxylic acids is 1. The SMILES string of the molecule is CCCOc1c(C(=O)c2ccc(S(C)(=O)=O)c(C(C)=C(C)C)c2C)cnn1CC(C)C. The highest BCUT2D eigenvalue weighted by Crippen LogP contribution is 2.33. The summed E-state index contributed by atoms with van der Waals surface area (Å²) in [5, 5.41) is 4.39. The van der Waals surface area contributed by atoms with Crippen LogP contribution in [0.2, 0.25) is 0 Å². The minimum Gasteiger partial charge on any atom is -0.477 e. The third-order valence-corrected chi connectivity index (χ3v) is 6.35. The minimum atomic E-state index is -3.46. The number of hydrogen-bond acceptors (Lipinski definition) is 5. The molecule has 0 atom stereocenters. The fraction of sp³-hybridized carbons (Fsp3) is 0.500. The lowest BCUT2D eigenvalue weighted by atomic mass is 9.91. The Bertz CT molecular complexity index is 1100. The van der Waals surface area contributed by atoms with Crippen LogP contribution in [0, 0.1) is 12.8 Å². The molecule has 0 bridgehead atoms. The zero-order valence-electron chi connectivity index (χ0n) is 19.9. The number of rotatable bonds is 9. The van der Waals surface area contributed by atoms with Gasteiger partial charge in [-0.3, -0.25) is 4.79 Å². The van der Waals surface area contributed by atoms with E-state index in [4.69, 9.17) is 4.74 Å². The van der Waals surface area contributed by atoms with Gasteiger partial charge in [-0.05, 0) is 68.9 Å². The Balaban J connectivity index is 2.70. The average molecular weight is 447 g/mol. The van der Waals surface area contributed by atoms with Crippen molar-refractivity contribution in [1.29, 1.82) is 0 Å². The number of sulfone groups is 1. The van der Waals surface area contributed by atoms with Gasteiger partial charge in [-0.1, -0.05) is 26.3 Å². The summed E-state index contributed by atoms with van der Waals surface area (Å²) in [6.45, 7) is 14.8. The summed E-state index contributed by atoms with van der Waals surface area (Å²) in [4.78, 5) is 13.8. The van der Waals surface area contributed by atoms with Crippen LogP contribution in [0.4, 0.5) is 0 Å².